The highest BCUT2D eigenvalue weighted by atomic mass is 19.4. The van der Waals surface area contributed by atoms with Crippen molar-refractivity contribution >= 4 is 28.9 Å². The molecule has 0 spiro atoms. The van der Waals surface area contributed by atoms with Crippen molar-refractivity contribution in [3.05, 3.63) is 70.3 Å². The van der Waals surface area contributed by atoms with Gasteiger partial charge in [-0.15, -0.1) is 0 Å². The van der Waals surface area contributed by atoms with Crippen LogP contribution in [0.4, 0.5) is 24.7 Å². The summed E-state index contributed by atoms with van der Waals surface area (Å²) in [4.78, 5) is 39.8. The number of pyridine rings is 1. The third-order valence-electron chi connectivity index (χ3n) is 6.88. The van der Waals surface area contributed by atoms with Gasteiger partial charge in [0.15, 0.2) is 0 Å². The zero-order valence-electron chi connectivity index (χ0n) is 20.4. The molecule has 1 fully saturated rings. The quantitative estimate of drug-likeness (QED) is 0.385. The van der Waals surface area contributed by atoms with Gasteiger partial charge in [-0.2, -0.15) is 18.3 Å². The first-order valence-electron chi connectivity index (χ1n) is 12.2. The van der Waals surface area contributed by atoms with Gasteiger partial charge in [-0.05, 0) is 12.5 Å². The molecule has 4 aromatic heterocycles. The van der Waals surface area contributed by atoms with Gasteiger partial charge in [0.25, 0.3) is 5.56 Å². The van der Waals surface area contributed by atoms with Crippen molar-refractivity contribution < 1.29 is 18.0 Å². The third-order valence-corrected chi connectivity index (χ3v) is 6.88. The second kappa shape index (κ2) is 8.92. The summed E-state index contributed by atoms with van der Waals surface area (Å²) in [6, 6.07) is 0.945. The van der Waals surface area contributed by atoms with Crippen LogP contribution in [0.2, 0.25) is 0 Å². The number of carbonyl (C=O) groups is 1. The Bertz CT molecular complexity index is 1650. The number of rotatable bonds is 6. The number of hydrogen-bond acceptors (Lipinski definition) is 6. The molecule has 6 heterocycles. The normalized spacial score (nSPS) is 17.5. The molecule has 0 aromatic carbocycles. The fourth-order valence-corrected chi connectivity index (χ4v) is 5.12. The Hall–Kier alpha value is -4.29. The van der Waals surface area contributed by atoms with E-state index in [1.54, 1.807) is 27.8 Å². The van der Waals surface area contributed by atoms with Crippen LogP contribution in [0.25, 0.3) is 5.78 Å². The molecule has 0 bridgehead atoms. The van der Waals surface area contributed by atoms with Crippen LogP contribution in [0, 0.1) is 5.92 Å². The first-order chi connectivity index (χ1) is 18.2. The predicted octanol–water partition coefficient (Wildman–Crippen LogP) is 3.25. The second-order valence-electron chi connectivity index (χ2n) is 9.55. The minimum atomic E-state index is -4.54. The highest BCUT2D eigenvalue weighted by Gasteiger charge is 2.35. The number of aliphatic imine (C=N–C) groups is 1. The van der Waals surface area contributed by atoms with Crippen LogP contribution in [0.5, 0.6) is 0 Å². The van der Waals surface area contributed by atoms with Crippen molar-refractivity contribution in [2.75, 3.05) is 11.4 Å². The van der Waals surface area contributed by atoms with Crippen LogP contribution in [0.15, 0.2) is 53.0 Å². The van der Waals surface area contributed by atoms with E-state index < -0.39 is 11.7 Å². The number of nitrogens with zero attached hydrogens (tertiary/aromatic N) is 8. The average molecular weight is 525 g/mol. The molecular weight excluding hydrogens is 501 g/mol. The Morgan fingerprint density at radius 1 is 1.16 bits per heavy atom. The summed E-state index contributed by atoms with van der Waals surface area (Å²) in [7, 11) is 0. The maximum atomic E-state index is 13.1. The molecule has 0 saturated carbocycles. The number of imidazole rings is 1. The fourth-order valence-electron chi connectivity index (χ4n) is 5.12. The molecule has 4 aromatic rings. The van der Waals surface area contributed by atoms with Crippen LogP contribution in [0.3, 0.4) is 0 Å². The molecular formula is C25H23F3N8O2. The SMILES string of the molecule is CCCn1c(=O)c2c(n3ccnc13)N=C(c1cnn(CC3CC(=O)N(c4cncc(C(F)(F)F)c4)C3)c1)C2. The lowest BCUT2D eigenvalue weighted by atomic mass is 10.1. The van der Waals surface area contributed by atoms with Crippen LogP contribution in [-0.2, 0) is 30.5 Å². The number of amides is 1. The fraction of sp³-hybridized carbons (Fsp3) is 0.360. The van der Waals surface area contributed by atoms with E-state index in [0.29, 0.717) is 42.4 Å². The maximum absolute atomic E-state index is 13.1. The lowest BCUT2D eigenvalue weighted by Gasteiger charge is -2.18. The van der Waals surface area contributed by atoms with Crippen molar-refractivity contribution in [1.29, 1.82) is 0 Å². The van der Waals surface area contributed by atoms with Crippen molar-refractivity contribution in [2.45, 2.75) is 45.5 Å². The summed E-state index contributed by atoms with van der Waals surface area (Å²) >= 11 is 0. The zero-order chi connectivity index (χ0) is 26.6. The van der Waals surface area contributed by atoms with Gasteiger partial charge >= 0.3 is 6.18 Å². The molecule has 0 N–H and O–H groups in total. The molecule has 2 aliphatic rings. The summed E-state index contributed by atoms with van der Waals surface area (Å²) < 4.78 is 44.4. The van der Waals surface area contributed by atoms with Crippen LogP contribution < -0.4 is 10.5 Å². The highest BCUT2D eigenvalue weighted by Crippen LogP contribution is 2.33. The molecule has 38 heavy (non-hydrogen) atoms. The molecule has 1 saturated heterocycles. The number of aromatic nitrogens is 6. The number of carbonyl (C=O) groups excluding carboxylic acids is 1. The van der Waals surface area contributed by atoms with Gasteiger partial charge in [-0.1, -0.05) is 6.92 Å². The number of aryl methyl sites for hydroxylation is 1. The monoisotopic (exact) mass is 524 g/mol. The molecule has 1 amide bonds. The van der Waals surface area contributed by atoms with Crippen molar-refractivity contribution in [3.8, 4) is 0 Å². The number of anilines is 1. The largest absolute Gasteiger partial charge is 0.417 e. The summed E-state index contributed by atoms with van der Waals surface area (Å²) in [5.74, 6) is 0.734. The number of halogens is 3. The number of fused-ring (bicyclic) bond motifs is 3. The molecule has 1 unspecified atom stereocenters. The van der Waals surface area contributed by atoms with Gasteiger partial charge < -0.3 is 4.90 Å². The van der Waals surface area contributed by atoms with E-state index >= 15 is 0 Å². The van der Waals surface area contributed by atoms with Gasteiger partial charge in [-0.25, -0.2) is 9.98 Å². The minimum absolute atomic E-state index is 0.0969. The third kappa shape index (κ3) is 4.07. The first kappa shape index (κ1) is 24.1. The standard InChI is InChI=1S/C25H23F3N8O2/c1-2-4-35-23(38)19-8-20(32-22(19)34-5-3-30-24(34)35)16-9-31-33(14-16)12-15-6-21(37)36(13-15)18-7-17(10-29-11-18)25(26,27)28/h3,5,7,9-11,14-15H,2,4,6,8,12-13H2,1H3. The van der Waals surface area contributed by atoms with Crippen molar-refractivity contribution in [2.24, 2.45) is 10.9 Å². The Kier molecular flexibility index (Phi) is 5.65. The van der Waals surface area contributed by atoms with Crippen molar-refractivity contribution in [1.82, 2.24) is 28.7 Å². The molecule has 10 nitrogen and oxygen atoms in total. The van der Waals surface area contributed by atoms with E-state index in [0.717, 1.165) is 24.2 Å². The van der Waals surface area contributed by atoms with E-state index in [2.05, 4.69) is 15.1 Å². The molecule has 2 aliphatic heterocycles. The van der Waals surface area contributed by atoms with E-state index in [9.17, 15) is 22.8 Å². The van der Waals surface area contributed by atoms with E-state index in [1.165, 1.54) is 11.1 Å². The Morgan fingerprint density at radius 2 is 2.00 bits per heavy atom. The van der Waals surface area contributed by atoms with E-state index in [1.807, 2.05) is 17.5 Å². The van der Waals surface area contributed by atoms with E-state index in [4.69, 9.17) is 4.99 Å². The Morgan fingerprint density at radius 3 is 2.79 bits per heavy atom. The molecule has 196 valence electrons. The second-order valence-corrected chi connectivity index (χ2v) is 9.55. The van der Waals surface area contributed by atoms with E-state index in [-0.39, 0.29) is 36.0 Å². The number of alkyl halides is 3. The van der Waals surface area contributed by atoms with Gasteiger partial charge in [0.2, 0.25) is 11.7 Å². The molecule has 1 atom stereocenters. The topological polar surface area (TPSA) is 103 Å². The maximum Gasteiger partial charge on any atom is 0.417 e. The first-order valence-corrected chi connectivity index (χ1v) is 12.2. The molecule has 6 rings (SSSR count). The van der Waals surface area contributed by atoms with Gasteiger partial charge in [0.1, 0.15) is 5.82 Å². The highest BCUT2D eigenvalue weighted by molar-refractivity contribution is 6.05. The molecule has 0 radical (unpaired) electrons. The summed E-state index contributed by atoms with van der Waals surface area (Å²) in [6.45, 7) is 3.24. The predicted molar refractivity (Wildman–Crippen MR) is 132 cm³/mol. The minimum Gasteiger partial charge on any atom is -0.311 e. The Labute approximate surface area is 214 Å². The lowest BCUT2D eigenvalue weighted by molar-refractivity contribution is -0.137. The van der Waals surface area contributed by atoms with Gasteiger partial charge in [0, 0.05) is 68.7 Å². The van der Waals surface area contributed by atoms with Gasteiger partial charge in [0.05, 0.1) is 34.9 Å². The summed E-state index contributed by atoms with van der Waals surface area (Å²) in [5.41, 5.74) is 1.23. The Balaban J connectivity index is 1.19. The molecule has 13 heteroatoms. The van der Waals surface area contributed by atoms with Crippen molar-refractivity contribution in [3.63, 3.8) is 0 Å². The summed E-state index contributed by atoms with van der Waals surface area (Å²) in [5, 5.41) is 4.42. The average Bonchev–Trinajstić information content (AvgIpc) is 3.67. The lowest BCUT2D eigenvalue weighted by Crippen LogP contribution is -2.26. The van der Waals surface area contributed by atoms with Crippen LogP contribution in [-0.4, -0.2) is 46.9 Å². The molecule has 0 aliphatic carbocycles. The zero-order valence-corrected chi connectivity index (χ0v) is 20.4. The smallest absolute Gasteiger partial charge is 0.311 e. The van der Waals surface area contributed by atoms with Crippen LogP contribution in [0.1, 0.15) is 36.5 Å². The summed E-state index contributed by atoms with van der Waals surface area (Å²) in [6.07, 6.45) is 5.76. The van der Waals surface area contributed by atoms with Gasteiger partial charge in [-0.3, -0.25) is 28.2 Å². The number of hydrogen-bond donors (Lipinski definition) is 0. The van der Waals surface area contributed by atoms with Crippen LogP contribution >= 0.6 is 0 Å².